The number of aryl methyl sites for hydroxylation is 2. The number of para-hydroxylation sites is 1. The minimum Gasteiger partial charge on any atom is -0.468 e. The van der Waals surface area contributed by atoms with Crippen molar-refractivity contribution in [1.82, 2.24) is 9.55 Å². The topological polar surface area (TPSA) is 61.2 Å². The Morgan fingerprint density at radius 1 is 1.19 bits per heavy atom. The van der Waals surface area contributed by atoms with E-state index in [0.717, 1.165) is 16.8 Å². The zero-order chi connectivity index (χ0) is 18.8. The van der Waals surface area contributed by atoms with Crippen LogP contribution in [0.15, 0.2) is 52.4 Å². The van der Waals surface area contributed by atoms with Crippen LogP contribution >= 0.6 is 11.8 Å². The number of methoxy groups -OCH3 is 1. The molecular weight excluding hydrogens is 348 g/mol. The molecular formula is C20H20N2O3S. The van der Waals surface area contributed by atoms with Gasteiger partial charge in [-0.2, -0.15) is 0 Å². The van der Waals surface area contributed by atoms with Crippen molar-refractivity contribution < 1.29 is 9.53 Å². The van der Waals surface area contributed by atoms with Gasteiger partial charge >= 0.3 is 5.97 Å². The van der Waals surface area contributed by atoms with Crippen LogP contribution in [-0.2, 0) is 9.53 Å². The molecule has 0 N–H and O–H groups in total. The number of benzene rings is 2. The largest absolute Gasteiger partial charge is 0.468 e. The lowest BCUT2D eigenvalue weighted by molar-refractivity contribution is -0.139. The fourth-order valence-corrected chi connectivity index (χ4v) is 3.78. The van der Waals surface area contributed by atoms with E-state index in [9.17, 15) is 9.59 Å². The summed E-state index contributed by atoms with van der Waals surface area (Å²) in [6.07, 6.45) is 0. The van der Waals surface area contributed by atoms with Gasteiger partial charge in [0.25, 0.3) is 5.56 Å². The van der Waals surface area contributed by atoms with E-state index >= 15 is 0 Å². The number of nitrogens with zero attached hydrogens (tertiary/aromatic N) is 2. The standard InChI is InChI=1S/C20H20N2O3S/c1-12-9-10-17(13(2)11-12)22-18(23)15-7-5-6-8-16(15)21-20(22)26-14(3)19(24)25-4/h5-11,14H,1-4H3/t14-/m0/s1. The molecule has 0 spiro atoms. The number of carbonyl (C=O) groups excluding carboxylic acids is 1. The Morgan fingerprint density at radius 3 is 2.62 bits per heavy atom. The van der Waals surface area contributed by atoms with Gasteiger partial charge in [0.05, 0.1) is 23.7 Å². The van der Waals surface area contributed by atoms with Crippen molar-refractivity contribution in [2.75, 3.05) is 7.11 Å². The number of ether oxygens (including phenoxy) is 1. The van der Waals surface area contributed by atoms with Gasteiger partial charge in [-0.3, -0.25) is 14.2 Å². The van der Waals surface area contributed by atoms with Crippen molar-refractivity contribution in [2.24, 2.45) is 0 Å². The van der Waals surface area contributed by atoms with Gasteiger partial charge in [-0.25, -0.2) is 4.98 Å². The van der Waals surface area contributed by atoms with E-state index < -0.39 is 5.25 Å². The van der Waals surface area contributed by atoms with E-state index in [1.165, 1.54) is 18.9 Å². The molecule has 0 unspecified atom stereocenters. The highest BCUT2D eigenvalue weighted by Crippen LogP contribution is 2.27. The maximum atomic E-state index is 13.2. The number of thioether (sulfide) groups is 1. The molecule has 134 valence electrons. The van der Waals surface area contributed by atoms with E-state index in [4.69, 9.17) is 4.74 Å². The Hall–Kier alpha value is -2.60. The Balaban J connectivity index is 2.27. The van der Waals surface area contributed by atoms with Crippen LogP contribution in [0.1, 0.15) is 18.1 Å². The van der Waals surface area contributed by atoms with Crippen LogP contribution in [0.5, 0.6) is 0 Å². The minimum absolute atomic E-state index is 0.151. The zero-order valence-corrected chi connectivity index (χ0v) is 16.0. The summed E-state index contributed by atoms with van der Waals surface area (Å²) in [5, 5.41) is 0.533. The van der Waals surface area contributed by atoms with Gasteiger partial charge in [0, 0.05) is 0 Å². The molecule has 5 nitrogen and oxygen atoms in total. The Kier molecular flexibility index (Phi) is 5.13. The number of rotatable bonds is 4. The van der Waals surface area contributed by atoms with Crippen LogP contribution in [0.3, 0.4) is 0 Å². The molecule has 0 radical (unpaired) electrons. The summed E-state index contributed by atoms with van der Waals surface area (Å²) in [4.78, 5) is 29.7. The lowest BCUT2D eigenvalue weighted by Gasteiger charge is -2.17. The second kappa shape index (κ2) is 7.33. The summed E-state index contributed by atoms with van der Waals surface area (Å²) in [7, 11) is 1.35. The number of aromatic nitrogens is 2. The molecule has 1 aromatic heterocycles. The van der Waals surface area contributed by atoms with E-state index in [1.54, 1.807) is 23.6 Å². The Morgan fingerprint density at radius 2 is 1.92 bits per heavy atom. The van der Waals surface area contributed by atoms with E-state index in [0.29, 0.717) is 16.1 Å². The molecule has 1 heterocycles. The van der Waals surface area contributed by atoms with Crippen molar-refractivity contribution in [3.63, 3.8) is 0 Å². The molecule has 3 aromatic rings. The van der Waals surface area contributed by atoms with E-state index in [2.05, 4.69) is 4.98 Å². The highest BCUT2D eigenvalue weighted by atomic mass is 32.2. The van der Waals surface area contributed by atoms with Gasteiger partial charge in [-0.1, -0.05) is 41.6 Å². The monoisotopic (exact) mass is 368 g/mol. The molecule has 2 aromatic carbocycles. The summed E-state index contributed by atoms with van der Waals surface area (Å²) in [6.45, 7) is 5.71. The quantitative estimate of drug-likeness (QED) is 0.400. The number of hydrogen-bond acceptors (Lipinski definition) is 5. The van der Waals surface area contributed by atoms with E-state index in [1.807, 2.05) is 44.2 Å². The second-order valence-corrected chi connectivity index (χ2v) is 7.43. The highest BCUT2D eigenvalue weighted by molar-refractivity contribution is 8.00. The predicted octanol–water partition coefficient (Wildman–Crippen LogP) is 3.66. The maximum absolute atomic E-state index is 13.2. The van der Waals surface area contributed by atoms with Crippen molar-refractivity contribution in [2.45, 2.75) is 31.2 Å². The summed E-state index contributed by atoms with van der Waals surface area (Å²) in [5.74, 6) is -0.357. The van der Waals surface area contributed by atoms with Gasteiger partial charge in [0.2, 0.25) is 0 Å². The molecule has 0 fully saturated rings. The first-order chi connectivity index (χ1) is 12.4. The first-order valence-corrected chi connectivity index (χ1v) is 9.14. The van der Waals surface area contributed by atoms with Crippen molar-refractivity contribution in [3.05, 3.63) is 63.9 Å². The summed E-state index contributed by atoms with van der Waals surface area (Å²) in [6, 6.07) is 13.1. The molecule has 0 saturated heterocycles. The third-order valence-electron chi connectivity index (χ3n) is 4.15. The van der Waals surface area contributed by atoms with Gasteiger partial charge < -0.3 is 4.74 Å². The fraction of sp³-hybridized carbons (Fsp3) is 0.250. The highest BCUT2D eigenvalue weighted by Gasteiger charge is 2.21. The lowest BCUT2D eigenvalue weighted by atomic mass is 10.1. The second-order valence-electron chi connectivity index (χ2n) is 6.13. The molecule has 1 atom stereocenters. The fourth-order valence-electron chi connectivity index (χ4n) is 2.83. The third-order valence-corrected chi connectivity index (χ3v) is 5.18. The summed E-state index contributed by atoms with van der Waals surface area (Å²) in [5.41, 5.74) is 3.31. The number of hydrogen-bond donors (Lipinski definition) is 0. The van der Waals surface area contributed by atoms with Crippen LogP contribution < -0.4 is 5.56 Å². The summed E-state index contributed by atoms with van der Waals surface area (Å²) < 4.78 is 6.40. The normalized spacial score (nSPS) is 12.2. The van der Waals surface area contributed by atoms with Gasteiger partial charge in [-0.05, 0) is 44.5 Å². The molecule has 0 bridgehead atoms. The average molecular weight is 368 g/mol. The van der Waals surface area contributed by atoms with E-state index in [-0.39, 0.29) is 11.5 Å². The number of fused-ring (bicyclic) bond motifs is 1. The summed E-state index contributed by atoms with van der Waals surface area (Å²) >= 11 is 1.22. The Bertz CT molecular complexity index is 1040. The van der Waals surface area contributed by atoms with Crippen LogP contribution in [0.4, 0.5) is 0 Å². The van der Waals surface area contributed by atoms with Crippen LogP contribution in [0.2, 0.25) is 0 Å². The number of carbonyl (C=O) groups is 1. The van der Waals surface area contributed by atoms with Gasteiger partial charge in [-0.15, -0.1) is 0 Å². The average Bonchev–Trinajstić information content (AvgIpc) is 2.62. The van der Waals surface area contributed by atoms with Crippen LogP contribution in [0.25, 0.3) is 16.6 Å². The van der Waals surface area contributed by atoms with Crippen molar-refractivity contribution >= 4 is 28.6 Å². The minimum atomic E-state index is -0.481. The predicted molar refractivity (Wildman–Crippen MR) is 104 cm³/mol. The molecule has 6 heteroatoms. The number of esters is 1. The van der Waals surface area contributed by atoms with Gasteiger partial charge in [0.1, 0.15) is 5.25 Å². The lowest BCUT2D eigenvalue weighted by Crippen LogP contribution is -2.24. The van der Waals surface area contributed by atoms with Crippen LogP contribution in [0, 0.1) is 13.8 Å². The smallest absolute Gasteiger partial charge is 0.318 e. The molecule has 0 amide bonds. The Labute approximate surface area is 156 Å². The van der Waals surface area contributed by atoms with Crippen molar-refractivity contribution in [1.29, 1.82) is 0 Å². The molecule has 3 rings (SSSR count). The first-order valence-electron chi connectivity index (χ1n) is 8.26. The third kappa shape index (κ3) is 3.37. The molecule has 0 aliphatic rings. The van der Waals surface area contributed by atoms with Gasteiger partial charge in [0.15, 0.2) is 5.16 Å². The zero-order valence-electron chi connectivity index (χ0n) is 15.1. The molecule has 0 aliphatic heterocycles. The van der Waals surface area contributed by atoms with Crippen molar-refractivity contribution in [3.8, 4) is 5.69 Å². The molecule has 0 saturated carbocycles. The molecule has 26 heavy (non-hydrogen) atoms. The van der Waals surface area contributed by atoms with Crippen LogP contribution in [-0.4, -0.2) is 27.9 Å². The SMILES string of the molecule is COC(=O)[C@H](C)Sc1nc2ccccc2c(=O)n1-c1ccc(C)cc1C. The maximum Gasteiger partial charge on any atom is 0.318 e. The molecule has 0 aliphatic carbocycles. The first kappa shape index (κ1) is 18.2.